The number of tetrazole rings is 1. The topological polar surface area (TPSA) is 65.7 Å². The zero-order chi connectivity index (χ0) is 18.6. The highest BCUT2D eigenvalue weighted by Crippen LogP contribution is 2.26. The van der Waals surface area contributed by atoms with E-state index in [0.29, 0.717) is 12.4 Å². The summed E-state index contributed by atoms with van der Waals surface area (Å²) in [6, 6.07) is 16.1. The molecule has 0 aliphatic heterocycles. The Morgan fingerprint density at radius 3 is 2.44 bits per heavy atom. The van der Waals surface area contributed by atoms with Gasteiger partial charge in [0.05, 0.1) is 12.8 Å². The largest absolute Gasteiger partial charge is 0.497 e. The highest BCUT2D eigenvalue weighted by atomic mass is 32.1. The van der Waals surface area contributed by atoms with E-state index in [-0.39, 0.29) is 0 Å². The van der Waals surface area contributed by atoms with Crippen molar-refractivity contribution in [3.8, 4) is 27.7 Å². The number of aromatic nitrogens is 5. The van der Waals surface area contributed by atoms with Gasteiger partial charge >= 0.3 is 0 Å². The minimum absolute atomic E-state index is 0.493. The number of benzene rings is 2. The van der Waals surface area contributed by atoms with Gasteiger partial charge in [-0.25, -0.2) is 4.98 Å². The molecular weight excluding hydrogens is 358 g/mol. The number of hydrogen-bond acceptors (Lipinski definition) is 6. The number of methoxy groups -OCH3 is 1. The average Bonchev–Trinajstić information content (AvgIpc) is 3.38. The third-order valence-electron chi connectivity index (χ3n) is 4.27. The summed E-state index contributed by atoms with van der Waals surface area (Å²) in [6.45, 7) is 2.63. The van der Waals surface area contributed by atoms with Gasteiger partial charge in [0.15, 0.2) is 0 Å². The summed E-state index contributed by atoms with van der Waals surface area (Å²) in [5.74, 6) is 1.46. The lowest BCUT2D eigenvalue weighted by molar-refractivity contribution is 0.415. The molecule has 0 bridgehead atoms. The second-order valence-electron chi connectivity index (χ2n) is 6.07. The minimum Gasteiger partial charge on any atom is -0.497 e. The average molecular weight is 377 g/mol. The molecule has 4 aromatic rings. The van der Waals surface area contributed by atoms with Crippen LogP contribution in [0.2, 0.25) is 0 Å². The minimum atomic E-state index is 0.493. The van der Waals surface area contributed by atoms with Crippen LogP contribution >= 0.6 is 11.3 Å². The monoisotopic (exact) mass is 377 g/mol. The molecule has 0 saturated carbocycles. The molecule has 0 spiro atoms. The molecule has 0 fully saturated rings. The van der Waals surface area contributed by atoms with Crippen LogP contribution < -0.4 is 4.74 Å². The van der Waals surface area contributed by atoms with Crippen molar-refractivity contribution in [1.82, 2.24) is 25.2 Å². The van der Waals surface area contributed by atoms with Crippen LogP contribution in [0.15, 0.2) is 53.9 Å². The fourth-order valence-electron chi connectivity index (χ4n) is 2.71. The van der Waals surface area contributed by atoms with E-state index in [1.54, 1.807) is 23.2 Å². The first-order valence-corrected chi connectivity index (χ1v) is 9.59. The molecule has 0 aliphatic rings. The van der Waals surface area contributed by atoms with Gasteiger partial charge < -0.3 is 4.74 Å². The molecule has 2 aromatic heterocycles. The summed E-state index contributed by atoms with van der Waals surface area (Å²) in [6.07, 6.45) is 1.01. The van der Waals surface area contributed by atoms with Crippen LogP contribution in [-0.4, -0.2) is 32.3 Å². The molecule has 0 amide bonds. The Morgan fingerprint density at radius 1 is 1.00 bits per heavy atom. The smallest absolute Gasteiger partial charge is 0.204 e. The molecular formula is C20H19N5OS. The SMILES string of the molecule is CCc1ccc(-c2nnn(Cc3csc(-c4ccc(OC)cc4)n3)n2)cc1. The van der Waals surface area contributed by atoms with Crippen LogP contribution in [0.1, 0.15) is 18.2 Å². The Hall–Kier alpha value is -3.06. The van der Waals surface area contributed by atoms with Crippen LogP contribution in [-0.2, 0) is 13.0 Å². The predicted molar refractivity (Wildman–Crippen MR) is 106 cm³/mol. The summed E-state index contributed by atoms with van der Waals surface area (Å²) >= 11 is 1.60. The van der Waals surface area contributed by atoms with Crippen molar-refractivity contribution in [2.75, 3.05) is 7.11 Å². The van der Waals surface area contributed by atoms with E-state index >= 15 is 0 Å². The maximum Gasteiger partial charge on any atom is 0.204 e. The molecule has 0 unspecified atom stereocenters. The number of thiazole rings is 1. The lowest BCUT2D eigenvalue weighted by Gasteiger charge is -2.00. The van der Waals surface area contributed by atoms with Crippen LogP contribution in [0.4, 0.5) is 0 Å². The second-order valence-corrected chi connectivity index (χ2v) is 6.92. The van der Waals surface area contributed by atoms with Gasteiger partial charge in [0.1, 0.15) is 17.3 Å². The third-order valence-corrected chi connectivity index (χ3v) is 5.21. The third kappa shape index (κ3) is 3.88. The molecule has 0 aliphatic carbocycles. The molecule has 0 atom stereocenters. The summed E-state index contributed by atoms with van der Waals surface area (Å²) in [4.78, 5) is 6.26. The van der Waals surface area contributed by atoms with E-state index < -0.39 is 0 Å². The summed E-state index contributed by atoms with van der Waals surface area (Å²) in [5, 5.41) is 15.8. The molecule has 0 N–H and O–H groups in total. The summed E-state index contributed by atoms with van der Waals surface area (Å²) < 4.78 is 5.20. The molecule has 0 saturated heterocycles. The molecule has 7 heteroatoms. The van der Waals surface area contributed by atoms with Crippen molar-refractivity contribution < 1.29 is 4.74 Å². The Labute approximate surface area is 161 Å². The molecule has 0 radical (unpaired) electrons. The van der Waals surface area contributed by atoms with Crippen molar-refractivity contribution in [1.29, 1.82) is 0 Å². The van der Waals surface area contributed by atoms with Crippen LogP contribution in [0.3, 0.4) is 0 Å². The van der Waals surface area contributed by atoms with E-state index in [1.807, 2.05) is 41.8 Å². The van der Waals surface area contributed by atoms with E-state index in [2.05, 4.69) is 39.5 Å². The molecule has 2 aromatic carbocycles. The highest BCUT2D eigenvalue weighted by molar-refractivity contribution is 7.13. The van der Waals surface area contributed by atoms with Gasteiger partial charge in [-0.15, -0.1) is 21.5 Å². The summed E-state index contributed by atoms with van der Waals surface area (Å²) in [7, 11) is 1.66. The molecule has 2 heterocycles. The maximum absolute atomic E-state index is 5.20. The number of ether oxygens (including phenoxy) is 1. The number of nitrogens with zero attached hydrogens (tertiary/aromatic N) is 5. The van der Waals surface area contributed by atoms with Gasteiger partial charge in [0.2, 0.25) is 5.82 Å². The Bertz CT molecular complexity index is 937. The molecule has 6 nitrogen and oxygen atoms in total. The van der Waals surface area contributed by atoms with Crippen molar-refractivity contribution in [3.63, 3.8) is 0 Å². The quantitative estimate of drug-likeness (QED) is 0.506. The highest BCUT2D eigenvalue weighted by Gasteiger charge is 2.09. The normalized spacial score (nSPS) is 10.9. The summed E-state index contributed by atoms with van der Waals surface area (Å²) in [5.41, 5.74) is 4.24. The first kappa shape index (κ1) is 17.4. The van der Waals surface area contributed by atoms with Gasteiger partial charge in [-0.05, 0) is 41.5 Å². The van der Waals surface area contributed by atoms with Crippen LogP contribution in [0.25, 0.3) is 22.0 Å². The van der Waals surface area contributed by atoms with E-state index in [4.69, 9.17) is 4.74 Å². The number of aryl methyl sites for hydroxylation is 1. The number of rotatable bonds is 6. The fraction of sp³-hybridized carbons (Fsp3) is 0.200. The Balaban J connectivity index is 1.48. The Morgan fingerprint density at radius 2 is 1.74 bits per heavy atom. The van der Waals surface area contributed by atoms with Gasteiger partial charge in [0.25, 0.3) is 0 Å². The van der Waals surface area contributed by atoms with Crippen molar-refractivity contribution in [2.24, 2.45) is 0 Å². The lowest BCUT2D eigenvalue weighted by atomic mass is 10.1. The Kier molecular flexibility index (Phi) is 4.93. The first-order chi connectivity index (χ1) is 13.2. The van der Waals surface area contributed by atoms with Gasteiger partial charge in [0, 0.05) is 16.5 Å². The van der Waals surface area contributed by atoms with E-state index in [0.717, 1.165) is 34.0 Å². The maximum atomic E-state index is 5.20. The second kappa shape index (κ2) is 7.67. The van der Waals surface area contributed by atoms with Crippen LogP contribution in [0, 0.1) is 0 Å². The van der Waals surface area contributed by atoms with Gasteiger partial charge in [-0.1, -0.05) is 31.2 Å². The first-order valence-electron chi connectivity index (χ1n) is 8.71. The van der Waals surface area contributed by atoms with E-state index in [9.17, 15) is 0 Å². The van der Waals surface area contributed by atoms with Crippen molar-refractivity contribution >= 4 is 11.3 Å². The molecule has 136 valence electrons. The molecule has 4 rings (SSSR count). The van der Waals surface area contributed by atoms with Crippen molar-refractivity contribution in [3.05, 3.63) is 65.2 Å². The molecule has 27 heavy (non-hydrogen) atoms. The lowest BCUT2D eigenvalue weighted by Crippen LogP contribution is -2.04. The van der Waals surface area contributed by atoms with Gasteiger partial charge in [-0.2, -0.15) is 4.80 Å². The van der Waals surface area contributed by atoms with Crippen LogP contribution in [0.5, 0.6) is 5.75 Å². The zero-order valence-electron chi connectivity index (χ0n) is 15.2. The van der Waals surface area contributed by atoms with Crippen molar-refractivity contribution in [2.45, 2.75) is 19.9 Å². The number of hydrogen-bond donors (Lipinski definition) is 0. The zero-order valence-corrected chi connectivity index (χ0v) is 16.0. The van der Waals surface area contributed by atoms with Gasteiger partial charge in [-0.3, -0.25) is 0 Å². The fourth-order valence-corrected chi connectivity index (χ4v) is 3.52. The van der Waals surface area contributed by atoms with E-state index in [1.165, 1.54) is 5.56 Å². The standard InChI is InChI=1S/C20H19N5OS/c1-3-14-4-6-15(7-5-14)19-22-24-25(23-19)12-17-13-27-20(21-17)16-8-10-18(26-2)11-9-16/h4-11,13H,3,12H2,1-2H3. The predicted octanol–water partition coefficient (Wildman–Crippen LogP) is 4.08.